The number of rotatable bonds is 7. The standard InChI is InChI=1S/C19H31N/c1-3-5-11-19(17-9-7-6-8-10-17)20-18-14-12-16(4-2)13-15-18/h6-10,16,18-20H,3-5,11-15H2,1-2H3. The fourth-order valence-electron chi connectivity index (χ4n) is 3.46. The highest BCUT2D eigenvalue weighted by molar-refractivity contribution is 5.19. The van der Waals surface area contributed by atoms with Gasteiger partial charge in [-0.2, -0.15) is 0 Å². The molecule has 20 heavy (non-hydrogen) atoms. The molecular weight excluding hydrogens is 242 g/mol. The van der Waals surface area contributed by atoms with Crippen LogP contribution < -0.4 is 5.32 Å². The molecule has 0 aromatic heterocycles. The second-order valence-corrected chi connectivity index (χ2v) is 6.40. The Labute approximate surface area is 125 Å². The first kappa shape index (κ1) is 15.6. The zero-order valence-corrected chi connectivity index (χ0v) is 13.3. The quantitative estimate of drug-likeness (QED) is 0.694. The van der Waals surface area contributed by atoms with Gasteiger partial charge in [0.05, 0.1) is 0 Å². The number of hydrogen-bond donors (Lipinski definition) is 1. The monoisotopic (exact) mass is 273 g/mol. The lowest BCUT2D eigenvalue weighted by Gasteiger charge is -2.32. The van der Waals surface area contributed by atoms with Crippen LogP contribution in [0, 0.1) is 5.92 Å². The molecule has 0 heterocycles. The van der Waals surface area contributed by atoms with Crippen molar-refractivity contribution in [1.29, 1.82) is 0 Å². The zero-order chi connectivity index (χ0) is 14.2. The topological polar surface area (TPSA) is 12.0 Å². The molecule has 0 saturated heterocycles. The Morgan fingerprint density at radius 3 is 2.35 bits per heavy atom. The largest absolute Gasteiger partial charge is 0.307 e. The summed E-state index contributed by atoms with van der Waals surface area (Å²) < 4.78 is 0. The van der Waals surface area contributed by atoms with Crippen LogP contribution in [0.15, 0.2) is 30.3 Å². The Kier molecular flexibility index (Phi) is 6.59. The van der Waals surface area contributed by atoms with Gasteiger partial charge in [-0.3, -0.25) is 0 Å². The lowest BCUT2D eigenvalue weighted by atomic mass is 9.84. The van der Waals surface area contributed by atoms with E-state index in [9.17, 15) is 0 Å². The van der Waals surface area contributed by atoms with Crippen LogP contribution in [0.1, 0.15) is 76.8 Å². The summed E-state index contributed by atoms with van der Waals surface area (Å²) in [7, 11) is 0. The van der Waals surface area contributed by atoms with Crippen molar-refractivity contribution in [3.05, 3.63) is 35.9 Å². The first-order valence-electron chi connectivity index (χ1n) is 8.64. The van der Waals surface area contributed by atoms with E-state index in [4.69, 9.17) is 0 Å². The van der Waals surface area contributed by atoms with Gasteiger partial charge in [-0.15, -0.1) is 0 Å². The minimum absolute atomic E-state index is 0.555. The van der Waals surface area contributed by atoms with E-state index < -0.39 is 0 Å². The molecule has 2 rings (SSSR count). The summed E-state index contributed by atoms with van der Waals surface area (Å²) in [6.07, 6.45) is 10.8. The van der Waals surface area contributed by atoms with Crippen molar-refractivity contribution in [2.45, 2.75) is 77.3 Å². The third-order valence-corrected chi connectivity index (χ3v) is 4.91. The van der Waals surface area contributed by atoms with Gasteiger partial charge in [0.15, 0.2) is 0 Å². The molecule has 1 unspecified atom stereocenters. The lowest BCUT2D eigenvalue weighted by Crippen LogP contribution is -2.36. The van der Waals surface area contributed by atoms with E-state index >= 15 is 0 Å². The van der Waals surface area contributed by atoms with Crippen LogP contribution in [-0.4, -0.2) is 6.04 Å². The minimum atomic E-state index is 0.555. The molecule has 1 N–H and O–H groups in total. The van der Waals surface area contributed by atoms with Crippen molar-refractivity contribution in [2.24, 2.45) is 5.92 Å². The summed E-state index contributed by atoms with van der Waals surface area (Å²) in [5, 5.41) is 3.95. The Morgan fingerprint density at radius 1 is 1.05 bits per heavy atom. The fourth-order valence-corrected chi connectivity index (χ4v) is 3.46. The second kappa shape index (κ2) is 8.46. The van der Waals surface area contributed by atoms with E-state index in [-0.39, 0.29) is 0 Å². The Hall–Kier alpha value is -0.820. The van der Waals surface area contributed by atoms with Crippen molar-refractivity contribution in [3.8, 4) is 0 Å². The average Bonchev–Trinajstić information content (AvgIpc) is 2.53. The van der Waals surface area contributed by atoms with Crippen molar-refractivity contribution in [3.63, 3.8) is 0 Å². The predicted molar refractivity (Wildman–Crippen MR) is 87.9 cm³/mol. The van der Waals surface area contributed by atoms with Crippen LogP contribution in [0.25, 0.3) is 0 Å². The van der Waals surface area contributed by atoms with E-state index in [2.05, 4.69) is 49.5 Å². The van der Waals surface area contributed by atoms with Crippen molar-refractivity contribution < 1.29 is 0 Å². The van der Waals surface area contributed by atoms with Crippen molar-refractivity contribution >= 4 is 0 Å². The van der Waals surface area contributed by atoms with Gasteiger partial charge in [0.25, 0.3) is 0 Å². The van der Waals surface area contributed by atoms with E-state index in [0.29, 0.717) is 6.04 Å². The minimum Gasteiger partial charge on any atom is -0.307 e. The predicted octanol–water partition coefficient (Wildman–Crippen LogP) is 5.48. The molecule has 0 spiro atoms. The summed E-state index contributed by atoms with van der Waals surface area (Å²) in [4.78, 5) is 0. The number of unbranched alkanes of at least 4 members (excludes halogenated alkanes) is 1. The molecule has 1 saturated carbocycles. The smallest absolute Gasteiger partial charge is 0.0322 e. The fraction of sp³-hybridized carbons (Fsp3) is 0.684. The summed E-state index contributed by atoms with van der Waals surface area (Å²) in [6.45, 7) is 4.63. The van der Waals surface area contributed by atoms with Gasteiger partial charge in [-0.25, -0.2) is 0 Å². The highest BCUT2D eigenvalue weighted by Gasteiger charge is 2.22. The summed E-state index contributed by atoms with van der Waals surface area (Å²) in [5.74, 6) is 0.985. The first-order chi connectivity index (χ1) is 9.83. The van der Waals surface area contributed by atoms with Gasteiger partial charge in [0.1, 0.15) is 0 Å². The summed E-state index contributed by atoms with van der Waals surface area (Å²) in [6, 6.07) is 12.3. The molecule has 1 aliphatic carbocycles. The van der Waals surface area contributed by atoms with Crippen molar-refractivity contribution in [2.75, 3.05) is 0 Å². The van der Waals surface area contributed by atoms with E-state index in [1.165, 1.54) is 56.9 Å². The molecule has 1 aliphatic rings. The molecule has 0 amide bonds. The maximum atomic E-state index is 3.95. The molecule has 1 aromatic rings. The first-order valence-corrected chi connectivity index (χ1v) is 8.64. The van der Waals surface area contributed by atoms with Gasteiger partial charge >= 0.3 is 0 Å². The molecule has 112 valence electrons. The van der Waals surface area contributed by atoms with Crippen molar-refractivity contribution in [1.82, 2.24) is 5.32 Å². The van der Waals surface area contributed by atoms with Gasteiger partial charge in [0.2, 0.25) is 0 Å². The van der Waals surface area contributed by atoms with Crippen LogP contribution in [0.3, 0.4) is 0 Å². The third-order valence-electron chi connectivity index (χ3n) is 4.91. The SMILES string of the molecule is CCCCC(NC1CCC(CC)CC1)c1ccccc1. The molecule has 1 fully saturated rings. The molecule has 1 nitrogen and oxygen atoms in total. The molecule has 1 atom stereocenters. The maximum absolute atomic E-state index is 3.95. The Morgan fingerprint density at radius 2 is 1.75 bits per heavy atom. The molecule has 0 bridgehead atoms. The molecule has 0 aliphatic heterocycles. The molecule has 0 radical (unpaired) electrons. The van der Waals surface area contributed by atoms with E-state index in [1.54, 1.807) is 0 Å². The van der Waals surface area contributed by atoms with E-state index in [0.717, 1.165) is 12.0 Å². The summed E-state index contributed by atoms with van der Waals surface area (Å²) in [5.41, 5.74) is 1.47. The van der Waals surface area contributed by atoms with Gasteiger partial charge < -0.3 is 5.32 Å². The van der Waals surface area contributed by atoms with Gasteiger partial charge in [-0.1, -0.05) is 63.4 Å². The van der Waals surface area contributed by atoms with Crippen LogP contribution in [0.5, 0.6) is 0 Å². The number of benzene rings is 1. The molecule has 1 heteroatoms. The number of nitrogens with one attached hydrogen (secondary N) is 1. The summed E-state index contributed by atoms with van der Waals surface area (Å²) >= 11 is 0. The van der Waals surface area contributed by atoms with Crippen LogP contribution in [0.2, 0.25) is 0 Å². The highest BCUT2D eigenvalue weighted by atomic mass is 15.0. The third kappa shape index (κ3) is 4.63. The maximum Gasteiger partial charge on any atom is 0.0322 e. The highest BCUT2D eigenvalue weighted by Crippen LogP contribution is 2.29. The van der Waals surface area contributed by atoms with Crippen LogP contribution >= 0.6 is 0 Å². The van der Waals surface area contributed by atoms with Gasteiger partial charge in [0, 0.05) is 12.1 Å². The Balaban J connectivity index is 1.91. The second-order valence-electron chi connectivity index (χ2n) is 6.40. The molecular formula is C19H31N. The normalized spacial score (nSPS) is 24.5. The number of hydrogen-bond acceptors (Lipinski definition) is 1. The molecule has 1 aromatic carbocycles. The zero-order valence-electron chi connectivity index (χ0n) is 13.3. The van der Waals surface area contributed by atoms with Crippen LogP contribution in [0.4, 0.5) is 0 Å². The Bertz CT molecular complexity index is 351. The average molecular weight is 273 g/mol. The van der Waals surface area contributed by atoms with Gasteiger partial charge in [-0.05, 0) is 43.6 Å². The lowest BCUT2D eigenvalue weighted by molar-refractivity contribution is 0.264. The van der Waals surface area contributed by atoms with Crippen LogP contribution in [-0.2, 0) is 0 Å². The van der Waals surface area contributed by atoms with E-state index in [1.807, 2.05) is 0 Å².